The monoisotopic (exact) mass is 286 g/mol. The molecule has 0 bridgehead atoms. The average molecular weight is 286 g/mol. The molecule has 0 saturated carbocycles. The van der Waals surface area contributed by atoms with Crippen LogP contribution in [-0.2, 0) is 4.79 Å². The van der Waals surface area contributed by atoms with Crippen LogP contribution < -0.4 is 10.6 Å². The second-order valence-electron chi connectivity index (χ2n) is 4.03. The van der Waals surface area contributed by atoms with Gasteiger partial charge in [0, 0.05) is 13.1 Å². The van der Waals surface area contributed by atoms with Crippen molar-refractivity contribution in [2.75, 3.05) is 24.2 Å². The number of hydrogen-bond donors (Lipinski definition) is 2. The number of aromatic nitrogens is 2. The van der Waals surface area contributed by atoms with E-state index >= 15 is 0 Å². The van der Waals surface area contributed by atoms with Gasteiger partial charge in [-0.15, -0.1) is 16.8 Å². The third-order valence-corrected chi connectivity index (χ3v) is 3.85. The highest BCUT2D eigenvalue weighted by Crippen LogP contribution is 2.25. The summed E-state index contributed by atoms with van der Waals surface area (Å²) in [5, 5.41) is 14.8. The van der Waals surface area contributed by atoms with Crippen molar-refractivity contribution in [1.82, 2.24) is 15.5 Å². The van der Waals surface area contributed by atoms with Crippen LogP contribution in [0, 0.1) is 5.92 Å². The molecule has 0 saturated heterocycles. The van der Waals surface area contributed by atoms with Gasteiger partial charge in [-0.25, -0.2) is 0 Å². The van der Waals surface area contributed by atoms with Crippen LogP contribution >= 0.6 is 23.1 Å². The molecule has 18 heavy (non-hydrogen) atoms. The van der Waals surface area contributed by atoms with Crippen molar-refractivity contribution in [2.45, 2.75) is 18.2 Å². The van der Waals surface area contributed by atoms with Crippen molar-refractivity contribution >= 4 is 34.1 Å². The zero-order valence-corrected chi connectivity index (χ0v) is 12.2. The second-order valence-corrected chi connectivity index (χ2v) is 6.23. The standard InChI is InChI=1S/C11H18N4OS2/c1-4-5-12-9(16)7-17-11-15-14-10(18-11)13-6-8(2)3/h4,8H,1,5-7H2,2-3H3,(H,12,16)(H,13,14). The Bertz CT molecular complexity index is 392. The first-order valence-electron chi connectivity index (χ1n) is 5.69. The van der Waals surface area contributed by atoms with Gasteiger partial charge >= 0.3 is 0 Å². The fourth-order valence-electron chi connectivity index (χ4n) is 0.995. The number of hydrogen-bond acceptors (Lipinski definition) is 6. The molecular formula is C11H18N4OS2. The quantitative estimate of drug-likeness (QED) is 0.565. The molecule has 0 radical (unpaired) electrons. The molecule has 0 fully saturated rings. The van der Waals surface area contributed by atoms with Gasteiger partial charge < -0.3 is 10.6 Å². The van der Waals surface area contributed by atoms with Crippen molar-refractivity contribution < 1.29 is 4.79 Å². The van der Waals surface area contributed by atoms with Gasteiger partial charge in [0.05, 0.1) is 5.75 Å². The third-order valence-electron chi connectivity index (χ3n) is 1.84. The SMILES string of the molecule is C=CCNC(=O)CSc1nnc(NCC(C)C)s1. The molecule has 0 unspecified atom stereocenters. The van der Waals surface area contributed by atoms with E-state index < -0.39 is 0 Å². The summed E-state index contributed by atoms with van der Waals surface area (Å²) in [5.74, 6) is 0.897. The molecule has 1 amide bonds. The minimum atomic E-state index is -0.0215. The molecule has 1 heterocycles. The first-order chi connectivity index (χ1) is 8.61. The number of carbonyl (C=O) groups excluding carboxylic acids is 1. The Kier molecular flexibility index (Phi) is 6.74. The fourth-order valence-corrected chi connectivity index (χ4v) is 2.58. The van der Waals surface area contributed by atoms with Gasteiger partial charge in [0.2, 0.25) is 11.0 Å². The molecule has 0 aliphatic heterocycles. The smallest absolute Gasteiger partial charge is 0.230 e. The lowest BCUT2D eigenvalue weighted by Gasteiger charge is -2.03. The number of carbonyl (C=O) groups is 1. The highest BCUT2D eigenvalue weighted by Gasteiger charge is 2.07. The van der Waals surface area contributed by atoms with Gasteiger partial charge in [-0.3, -0.25) is 4.79 Å². The molecular weight excluding hydrogens is 268 g/mol. The van der Waals surface area contributed by atoms with E-state index in [2.05, 4.69) is 41.3 Å². The summed E-state index contributed by atoms with van der Waals surface area (Å²) in [4.78, 5) is 11.4. The van der Waals surface area contributed by atoms with Gasteiger partial charge in [-0.2, -0.15) is 0 Å². The molecule has 1 aromatic rings. The zero-order valence-electron chi connectivity index (χ0n) is 10.6. The normalized spacial score (nSPS) is 10.4. The van der Waals surface area contributed by atoms with Crippen LogP contribution in [0.2, 0.25) is 0 Å². The summed E-state index contributed by atoms with van der Waals surface area (Å²) in [6.07, 6.45) is 1.65. The van der Waals surface area contributed by atoms with Crippen LogP contribution in [0.4, 0.5) is 5.13 Å². The molecule has 2 N–H and O–H groups in total. The lowest BCUT2D eigenvalue weighted by atomic mass is 10.2. The van der Waals surface area contributed by atoms with Gasteiger partial charge in [0.15, 0.2) is 4.34 Å². The number of rotatable bonds is 8. The molecule has 0 aliphatic rings. The van der Waals surface area contributed by atoms with Crippen molar-refractivity contribution in [3.63, 3.8) is 0 Å². The Hall–Kier alpha value is -1.08. The minimum absolute atomic E-state index is 0.0215. The number of nitrogens with one attached hydrogen (secondary N) is 2. The first kappa shape index (κ1) is 15.0. The second kappa shape index (κ2) is 8.10. The lowest BCUT2D eigenvalue weighted by molar-refractivity contribution is -0.118. The van der Waals surface area contributed by atoms with Gasteiger partial charge in [0.25, 0.3) is 0 Å². The summed E-state index contributed by atoms with van der Waals surface area (Å²) >= 11 is 2.86. The number of anilines is 1. The van der Waals surface area contributed by atoms with E-state index in [0.29, 0.717) is 18.2 Å². The Labute approximate surface area is 115 Å². The van der Waals surface area contributed by atoms with Crippen LogP contribution in [-0.4, -0.2) is 34.9 Å². The third kappa shape index (κ3) is 6.02. The highest BCUT2D eigenvalue weighted by molar-refractivity contribution is 8.01. The Balaban J connectivity index is 2.30. The molecule has 0 spiro atoms. The van der Waals surface area contributed by atoms with Crippen LogP contribution in [0.15, 0.2) is 17.0 Å². The summed E-state index contributed by atoms with van der Waals surface area (Å²) in [5.41, 5.74) is 0. The molecule has 0 aromatic carbocycles. The molecule has 100 valence electrons. The van der Waals surface area contributed by atoms with Crippen LogP contribution in [0.1, 0.15) is 13.8 Å². The summed E-state index contributed by atoms with van der Waals surface area (Å²) < 4.78 is 0.801. The van der Waals surface area contributed by atoms with Crippen LogP contribution in [0.5, 0.6) is 0 Å². The summed E-state index contributed by atoms with van der Waals surface area (Å²) in [6, 6.07) is 0. The van der Waals surface area contributed by atoms with Crippen molar-refractivity contribution in [3.8, 4) is 0 Å². The van der Waals surface area contributed by atoms with Crippen LogP contribution in [0.25, 0.3) is 0 Å². The molecule has 1 rings (SSSR count). The predicted molar refractivity (Wildman–Crippen MR) is 77.2 cm³/mol. The first-order valence-corrected chi connectivity index (χ1v) is 7.49. The average Bonchev–Trinajstić information content (AvgIpc) is 2.79. The molecule has 0 atom stereocenters. The summed E-state index contributed by atoms with van der Waals surface area (Å²) in [6.45, 7) is 9.17. The maximum absolute atomic E-state index is 11.4. The Morgan fingerprint density at radius 1 is 1.56 bits per heavy atom. The molecule has 1 aromatic heterocycles. The van der Waals surface area contributed by atoms with E-state index in [1.54, 1.807) is 6.08 Å². The van der Waals surface area contributed by atoms with E-state index in [0.717, 1.165) is 16.0 Å². The lowest BCUT2D eigenvalue weighted by Crippen LogP contribution is -2.24. The maximum atomic E-state index is 11.4. The van der Waals surface area contributed by atoms with E-state index in [4.69, 9.17) is 0 Å². The zero-order chi connectivity index (χ0) is 13.4. The number of amides is 1. The largest absolute Gasteiger partial charge is 0.360 e. The maximum Gasteiger partial charge on any atom is 0.230 e. The topological polar surface area (TPSA) is 66.9 Å². The van der Waals surface area contributed by atoms with E-state index in [9.17, 15) is 4.79 Å². The minimum Gasteiger partial charge on any atom is -0.360 e. The van der Waals surface area contributed by atoms with E-state index in [1.165, 1.54) is 23.1 Å². The molecule has 5 nitrogen and oxygen atoms in total. The highest BCUT2D eigenvalue weighted by atomic mass is 32.2. The van der Waals surface area contributed by atoms with Gasteiger partial charge in [0.1, 0.15) is 0 Å². The Morgan fingerprint density at radius 3 is 3.00 bits per heavy atom. The van der Waals surface area contributed by atoms with Crippen LogP contribution in [0.3, 0.4) is 0 Å². The van der Waals surface area contributed by atoms with Crippen molar-refractivity contribution in [1.29, 1.82) is 0 Å². The fraction of sp³-hybridized carbons (Fsp3) is 0.545. The molecule has 7 heteroatoms. The summed E-state index contributed by atoms with van der Waals surface area (Å²) in [7, 11) is 0. The van der Waals surface area contributed by atoms with Crippen molar-refractivity contribution in [2.24, 2.45) is 5.92 Å². The van der Waals surface area contributed by atoms with E-state index in [1.807, 2.05) is 0 Å². The van der Waals surface area contributed by atoms with Gasteiger partial charge in [-0.05, 0) is 5.92 Å². The van der Waals surface area contributed by atoms with Crippen molar-refractivity contribution in [3.05, 3.63) is 12.7 Å². The van der Waals surface area contributed by atoms with E-state index in [-0.39, 0.29) is 5.91 Å². The molecule has 0 aliphatic carbocycles. The number of thioether (sulfide) groups is 1. The predicted octanol–water partition coefficient (Wildman–Crippen LogP) is 2.00. The Morgan fingerprint density at radius 2 is 2.33 bits per heavy atom. The van der Waals surface area contributed by atoms with Gasteiger partial charge in [-0.1, -0.05) is 43.0 Å². The number of nitrogens with zero attached hydrogens (tertiary/aromatic N) is 2.